The molecule has 2 rings (SSSR count). The van der Waals surface area contributed by atoms with Crippen LogP contribution in [0.2, 0.25) is 0 Å². The SMILES string of the molecule is CCNC(CC)COc1ccc2ccccc2c1. The molecule has 18 heavy (non-hydrogen) atoms. The predicted octanol–water partition coefficient (Wildman–Crippen LogP) is 3.61. The first-order valence-corrected chi connectivity index (χ1v) is 6.68. The van der Waals surface area contributed by atoms with Gasteiger partial charge in [0, 0.05) is 6.04 Å². The highest BCUT2D eigenvalue weighted by Gasteiger charge is 2.05. The van der Waals surface area contributed by atoms with E-state index < -0.39 is 0 Å². The first-order valence-electron chi connectivity index (χ1n) is 6.68. The van der Waals surface area contributed by atoms with Crippen LogP contribution in [0, 0.1) is 0 Å². The van der Waals surface area contributed by atoms with Gasteiger partial charge in [-0.2, -0.15) is 0 Å². The molecule has 0 radical (unpaired) electrons. The van der Waals surface area contributed by atoms with E-state index in [4.69, 9.17) is 4.74 Å². The van der Waals surface area contributed by atoms with Gasteiger partial charge in [0.2, 0.25) is 0 Å². The summed E-state index contributed by atoms with van der Waals surface area (Å²) in [5, 5.41) is 5.90. The number of rotatable bonds is 6. The number of hydrogen-bond donors (Lipinski definition) is 1. The minimum absolute atomic E-state index is 0.432. The van der Waals surface area contributed by atoms with Gasteiger partial charge in [0.05, 0.1) is 0 Å². The number of nitrogens with one attached hydrogen (secondary N) is 1. The monoisotopic (exact) mass is 243 g/mol. The molecule has 0 heterocycles. The third-order valence-electron chi connectivity index (χ3n) is 3.16. The zero-order chi connectivity index (χ0) is 12.8. The van der Waals surface area contributed by atoms with Gasteiger partial charge in [0.15, 0.2) is 0 Å². The standard InChI is InChI=1S/C16H21NO/c1-3-15(17-4-2)12-18-16-10-9-13-7-5-6-8-14(13)11-16/h5-11,15,17H,3-4,12H2,1-2H3. The van der Waals surface area contributed by atoms with Crippen LogP contribution in [-0.2, 0) is 0 Å². The molecule has 0 amide bonds. The lowest BCUT2D eigenvalue weighted by Gasteiger charge is -2.16. The number of hydrogen-bond acceptors (Lipinski definition) is 2. The molecular formula is C16H21NO. The van der Waals surface area contributed by atoms with Crippen LogP contribution in [0.1, 0.15) is 20.3 Å². The summed E-state index contributed by atoms with van der Waals surface area (Å²) < 4.78 is 5.86. The van der Waals surface area contributed by atoms with E-state index in [0.29, 0.717) is 6.04 Å². The number of ether oxygens (including phenoxy) is 1. The minimum atomic E-state index is 0.432. The molecule has 0 fully saturated rings. The van der Waals surface area contributed by atoms with Crippen molar-refractivity contribution in [3.63, 3.8) is 0 Å². The molecule has 2 nitrogen and oxygen atoms in total. The van der Waals surface area contributed by atoms with Crippen molar-refractivity contribution in [2.24, 2.45) is 0 Å². The zero-order valence-electron chi connectivity index (χ0n) is 11.1. The number of benzene rings is 2. The van der Waals surface area contributed by atoms with Gasteiger partial charge in [-0.25, -0.2) is 0 Å². The number of fused-ring (bicyclic) bond motifs is 1. The Balaban J connectivity index is 2.03. The normalized spacial score (nSPS) is 12.6. The molecule has 0 bridgehead atoms. The van der Waals surface area contributed by atoms with Crippen LogP contribution in [0.3, 0.4) is 0 Å². The topological polar surface area (TPSA) is 21.3 Å². The van der Waals surface area contributed by atoms with Crippen molar-refractivity contribution >= 4 is 10.8 Å². The van der Waals surface area contributed by atoms with Gasteiger partial charge in [-0.1, -0.05) is 44.2 Å². The lowest BCUT2D eigenvalue weighted by atomic mass is 10.1. The lowest BCUT2D eigenvalue weighted by Crippen LogP contribution is -2.33. The highest BCUT2D eigenvalue weighted by molar-refractivity contribution is 5.83. The van der Waals surface area contributed by atoms with Crippen LogP contribution in [0.15, 0.2) is 42.5 Å². The third kappa shape index (κ3) is 3.23. The summed E-state index contributed by atoms with van der Waals surface area (Å²) in [6, 6.07) is 15.0. The van der Waals surface area contributed by atoms with Gasteiger partial charge in [-0.3, -0.25) is 0 Å². The Kier molecular flexibility index (Phi) is 4.59. The van der Waals surface area contributed by atoms with E-state index in [1.165, 1.54) is 10.8 Å². The molecule has 0 aliphatic rings. The summed E-state index contributed by atoms with van der Waals surface area (Å²) in [6.45, 7) is 6.01. The van der Waals surface area contributed by atoms with Gasteiger partial charge in [-0.05, 0) is 35.9 Å². The van der Waals surface area contributed by atoms with Crippen molar-refractivity contribution in [2.75, 3.05) is 13.2 Å². The van der Waals surface area contributed by atoms with Crippen LogP contribution >= 0.6 is 0 Å². The van der Waals surface area contributed by atoms with Gasteiger partial charge >= 0.3 is 0 Å². The smallest absolute Gasteiger partial charge is 0.120 e. The third-order valence-corrected chi connectivity index (χ3v) is 3.16. The number of likely N-dealkylation sites (N-methyl/N-ethyl adjacent to an activating group) is 1. The second-order valence-electron chi connectivity index (χ2n) is 4.48. The van der Waals surface area contributed by atoms with Gasteiger partial charge < -0.3 is 10.1 Å². The molecule has 96 valence electrons. The Morgan fingerprint density at radius 1 is 1.06 bits per heavy atom. The summed E-state index contributed by atoms with van der Waals surface area (Å²) in [5.41, 5.74) is 0. The molecule has 2 aromatic rings. The average Bonchev–Trinajstić information content (AvgIpc) is 2.43. The predicted molar refractivity (Wildman–Crippen MR) is 77.2 cm³/mol. The van der Waals surface area contributed by atoms with Crippen LogP contribution in [0.4, 0.5) is 0 Å². The second-order valence-corrected chi connectivity index (χ2v) is 4.48. The van der Waals surface area contributed by atoms with Crippen LogP contribution in [0.5, 0.6) is 5.75 Å². The highest BCUT2D eigenvalue weighted by Crippen LogP contribution is 2.20. The van der Waals surface area contributed by atoms with E-state index in [-0.39, 0.29) is 0 Å². The average molecular weight is 243 g/mol. The molecule has 1 N–H and O–H groups in total. The van der Waals surface area contributed by atoms with Gasteiger partial charge in [0.1, 0.15) is 12.4 Å². The van der Waals surface area contributed by atoms with Crippen LogP contribution in [-0.4, -0.2) is 19.2 Å². The Morgan fingerprint density at radius 3 is 2.56 bits per heavy atom. The second kappa shape index (κ2) is 6.41. The Bertz CT molecular complexity index is 495. The summed E-state index contributed by atoms with van der Waals surface area (Å²) in [4.78, 5) is 0. The fourth-order valence-corrected chi connectivity index (χ4v) is 2.06. The van der Waals surface area contributed by atoms with Crippen molar-refractivity contribution in [1.82, 2.24) is 5.32 Å². The largest absolute Gasteiger partial charge is 0.492 e. The summed E-state index contributed by atoms with van der Waals surface area (Å²) >= 11 is 0. The Hall–Kier alpha value is -1.54. The van der Waals surface area contributed by atoms with E-state index in [1.807, 2.05) is 6.07 Å². The Morgan fingerprint density at radius 2 is 1.83 bits per heavy atom. The molecule has 0 saturated heterocycles. The summed E-state index contributed by atoms with van der Waals surface area (Å²) in [5.74, 6) is 0.949. The van der Waals surface area contributed by atoms with Crippen molar-refractivity contribution in [2.45, 2.75) is 26.3 Å². The summed E-state index contributed by atoms with van der Waals surface area (Å²) in [6.07, 6.45) is 1.08. The molecular weight excluding hydrogens is 222 g/mol. The summed E-state index contributed by atoms with van der Waals surface area (Å²) in [7, 11) is 0. The molecule has 0 aliphatic carbocycles. The molecule has 2 aromatic carbocycles. The van der Waals surface area contributed by atoms with Crippen molar-refractivity contribution in [3.8, 4) is 5.75 Å². The fraction of sp³-hybridized carbons (Fsp3) is 0.375. The molecule has 1 atom stereocenters. The molecule has 2 heteroatoms. The van der Waals surface area contributed by atoms with Crippen molar-refractivity contribution in [1.29, 1.82) is 0 Å². The van der Waals surface area contributed by atoms with Gasteiger partial charge in [-0.15, -0.1) is 0 Å². The van der Waals surface area contributed by atoms with Crippen LogP contribution in [0.25, 0.3) is 10.8 Å². The van der Waals surface area contributed by atoms with E-state index >= 15 is 0 Å². The van der Waals surface area contributed by atoms with E-state index in [0.717, 1.165) is 25.3 Å². The van der Waals surface area contributed by atoms with Gasteiger partial charge in [0.25, 0.3) is 0 Å². The Labute approximate surface area is 109 Å². The fourth-order valence-electron chi connectivity index (χ4n) is 2.06. The maximum absolute atomic E-state index is 5.86. The molecule has 0 aliphatic heterocycles. The van der Waals surface area contributed by atoms with Crippen molar-refractivity contribution < 1.29 is 4.74 Å². The molecule has 1 unspecified atom stereocenters. The lowest BCUT2D eigenvalue weighted by molar-refractivity contribution is 0.262. The van der Waals surface area contributed by atoms with E-state index in [9.17, 15) is 0 Å². The van der Waals surface area contributed by atoms with E-state index in [2.05, 4.69) is 55.6 Å². The minimum Gasteiger partial charge on any atom is -0.492 e. The highest BCUT2D eigenvalue weighted by atomic mass is 16.5. The van der Waals surface area contributed by atoms with Crippen LogP contribution < -0.4 is 10.1 Å². The molecule has 0 spiro atoms. The maximum Gasteiger partial charge on any atom is 0.120 e. The maximum atomic E-state index is 5.86. The van der Waals surface area contributed by atoms with E-state index in [1.54, 1.807) is 0 Å². The molecule has 0 saturated carbocycles. The first-order chi connectivity index (χ1) is 8.83. The first kappa shape index (κ1) is 12.9. The van der Waals surface area contributed by atoms with Crippen molar-refractivity contribution in [3.05, 3.63) is 42.5 Å². The zero-order valence-corrected chi connectivity index (χ0v) is 11.1. The quantitative estimate of drug-likeness (QED) is 0.837. The molecule has 0 aromatic heterocycles.